The van der Waals surface area contributed by atoms with Gasteiger partial charge in [0.15, 0.2) is 0 Å². The van der Waals surface area contributed by atoms with Gasteiger partial charge in [-0.2, -0.15) is 13.2 Å². The highest BCUT2D eigenvalue weighted by atomic mass is 19.4. The van der Waals surface area contributed by atoms with Crippen LogP contribution in [0.15, 0.2) is 24.3 Å². The Morgan fingerprint density at radius 2 is 2.05 bits per heavy atom. The molecule has 0 unspecified atom stereocenters. The first kappa shape index (κ1) is 15.3. The monoisotopic (exact) mass is 271 g/mol. The lowest BCUT2D eigenvalue weighted by atomic mass is 10.0. The highest BCUT2D eigenvalue weighted by Crippen LogP contribution is 2.32. The van der Waals surface area contributed by atoms with E-state index in [4.69, 9.17) is 0 Å². The molecule has 1 aromatic carbocycles. The van der Waals surface area contributed by atoms with Crippen LogP contribution in [0, 0.1) is 6.92 Å². The fourth-order valence-electron chi connectivity index (χ4n) is 1.60. The lowest BCUT2D eigenvalue weighted by Gasteiger charge is -2.10. The Hall–Kier alpha value is -1.78. The minimum absolute atomic E-state index is 0.122. The smallest absolute Gasteiger partial charge is 0.356 e. The minimum atomic E-state index is -4.33. The molecule has 0 saturated heterocycles. The van der Waals surface area contributed by atoms with Crippen molar-refractivity contribution in [3.8, 4) is 0 Å². The number of nitrogens with one attached hydrogen (secondary N) is 1. The molecule has 19 heavy (non-hydrogen) atoms. The van der Waals surface area contributed by atoms with Crippen LogP contribution in [0.25, 0.3) is 6.08 Å². The molecule has 1 aromatic rings. The highest BCUT2D eigenvalue weighted by Gasteiger charge is 2.32. The van der Waals surface area contributed by atoms with Crippen molar-refractivity contribution in [2.75, 3.05) is 6.54 Å². The second-order valence-corrected chi connectivity index (χ2v) is 4.25. The van der Waals surface area contributed by atoms with Crippen molar-refractivity contribution in [1.29, 1.82) is 0 Å². The normalized spacial score (nSPS) is 11.8. The van der Waals surface area contributed by atoms with Gasteiger partial charge in [-0.1, -0.05) is 24.3 Å². The molecule has 0 saturated carbocycles. The van der Waals surface area contributed by atoms with Gasteiger partial charge in [0.1, 0.15) is 0 Å². The van der Waals surface area contributed by atoms with Crippen LogP contribution in [0.4, 0.5) is 13.2 Å². The number of aryl methyl sites for hydroxylation is 1. The third kappa shape index (κ3) is 5.16. The molecule has 5 heteroatoms. The molecular formula is C14H16F3NO. The zero-order chi connectivity index (χ0) is 14.5. The van der Waals surface area contributed by atoms with E-state index < -0.39 is 11.7 Å². The van der Waals surface area contributed by atoms with E-state index in [2.05, 4.69) is 5.32 Å². The van der Waals surface area contributed by atoms with Crippen molar-refractivity contribution < 1.29 is 18.0 Å². The topological polar surface area (TPSA) is 29.1 Å². The van der Waals surface area contributed by atoms with E-state index in [1.54, 1.807) is 18.2 Å². The van der Waals surface area contributed by atoms with Gasteiger partial charge >= 0.3 is 6.18 Å². The maximum absolute atomic E-state index is 12.7. The van der Waals surface area contributed by atoms with Gasteiger partial charge in [0.05, 0.1) is 5.56 Å². The highest BCUT2D eigenvalue weighted by molar-refractivity contribution is 5.72. The summed E-state index contributed by atoms with van der Waals surface area (Å²) in [5.74, 6) is -0.122. The average Bonchev–Trinajstić information content (AvgIpc) is 2.28. The first-order chi connectivity index (χ1) is 8.80. The molecule has 0 aliphatic carbocycles. The van der Waals surface area contributed by atoms with Crippen LogP contribution in [0.5, 0.6) is 0 Å². The fraction of sp³-hybridized carbons (Fsp3) is 0.357. The molecule has 0 heterocycles. The Balaban J connectivity index is 2.70. The van der Waals surface area contributed by atoms with Gasteiger partial charge in [-0.05, 0) is 30.5 Å². The summed E-state index contributed by atoms with van der Waals surface area (Å²) in [6.07, 6.45) is -0.393. The number of halogens is 3. The predicted octanol–water partition coefficient (Wildman–Crippen LogP) is 3.55. The molecule has 0 aliphatic heterocycles. The van der Waals surface area contributed by atoms with Gasteiger partial charge < -0.3 is 5.32 Å². The minimum Gasteiger partial charge on any atom is -0.356 e. The first-order valence-electron chi connectivity index (χ1n) is 5.89. The van der Waals surface area contributed by atoms with E-state index in [1.807, 2.05) is 0 Å². The van der Waals surface area contributed by atoms with Gasteiger partial charge in [0.25, 0.3) is 0 Å². The van der Waals surface area contributed by atoms with E-state index in [9.17, 15) is 18.0 Å². The third-order valence-corrected chi connectivity index (χ3v) is 2.56. The summed E-state index contributed by atoms with van der Waals surface area (Å²) in [4.78, 5) is 10.6. The summed E-state index contributed by atoms with van der Waals surface area (Å²) >= 11 is 0. The number of hydrogen-bond donors (Lipinski definition) is 1. The largest absolute Gasteiger partial charge is 0.416 e. The van der Waals surface area contributed by atoms with Crippen LogP contribution in [0.1, 0.15) is 30.0 Å². The third-order valence-electron chi connectivity index (χ3n) is 2.56. The maximum atomic E-state index is 12.7. The molecule has 0 aromatic heterocycles. The van der Waals surface area contributed by atoms with Crippen molar-refractivity contribution in [2.24, 2.45) is 0 Å². The van der Waals surface area contributed by atoms with Gasteiger partial charge in [-0.3, -0.25) is 4.79 Å². The summed E-state index contributed by atoms with van der Waals surface area (Å²) < 4.78 is 38.1. The Morgan fingerprint density at radius 1 is 1.37 bits per heavy atom. The summed E-state index contributed by atoms with van der Waals surface area (Å²) in [7, 11) is 0. The molecule has 1 rings (SSSR count). The second-order valence-electron chi connectivity index (χ2n) is 4.25. The molecule has 1 amide bonds. The molecule has 0 radical (unpaired) electrons. The van der Waals surface area contributed by atoms with Crippen molar-refractivity contribution in [3.05, 3.63) is 41.0 Å². The van der Waals surface area contributed by atoms with E-state index in [0.29, 0.717) is 18.5 Å². The Kier molecular flexibility index (Phi) is 5.15. The number of hydrogen-bond acceptors (Lipinski definition) is 1. The first-order valence-corrected chi connectivity index (χ1v) is 5.89. The van der Waals surface area contributed by atoms with Crippen LogP contribution in [-0.4, -0.2) is 12.5 Å². The summed E-state index contributed by atoms with van der Waals surface area (Å²) in [6, 6.07) is 4.22. The van der Waals surface area contributed by atoms with Crippen LogP contribution in [0.3, 0.4) is 0 Å². The lowest BCUT2D eigenvalue weighted by molar-refractivity contribution is -0.138. The molecule has 0 fully saturated rings. The fourth-order valence-corrected chi connectivity index (χ4v) is 1.60. The number of alkyl halides is 3. The van der Waals surface area contributed by atoms with E-state index >= 15 is 0 Å². The molecule has 0 spiro atoms. The van der Waals surface area contributed by atoms with Crippen LogP contribution in [-0.2, 0) is 11.0 Å². The van der Waals surface area contributed by atoms with Gasteiger partial charge in [0, 0.05) is 13.5 Å². The Bertz CT molecular complexity index is 478. The van der Waals surface area contributed by atoms with E-state index in [1.165, 1.54) is 19.9 Å². The maximum Gasteiger partial charge on any atom is 0.416 e. The predicted molar refractivity (Wildman–Crippen MR) is 68.5 cm³/mol. The van der Waals surface area contributed by atoms with Gasteiger partial charge in [-0.25, -0.2) is 0 Å². The van der Waals surface area contributed by atoms with Crippen LogP contribution in [0.2, 0.25) is 0 Å². The van der Waals surface area contributed by atoms with Crippen molar-refractivity contribution in [3.63, 3.8) is 0 Å². The van der Waals surface area contributed by atoms with Crippen molar-refractivity contribution in [2.45, 2.75) is 26.4 Å². The van der Waals surface area contributed by atoms with Crippen LogP contribution < -0.4 is 5.32 Å². The summed E-state index contributed by atoms with van der Waals surface area (Å²) in [5, 5.41) is 2.61. The standard InChI is InChI=1S/C14H16F3NO/c1-10-6-7-12(9-13(10)14(15,16)17)5-3-4-8-18-11(2)19/h3,5-7,9H,4,8H2,1-2H3,(H,18,19). The lowest BCUT2D eigenvalue weighted by Crippen LogP contribution is -2.20. The number of amides is 1. The number of benzene rings is 1. The summed E-state index contributed by atoms with van der Waals surface area (Å²) in [6.45, 7) is 3.33. The zero-order valence-corrected chi connectivity index (χ0v) is 10.8. The Labute approximate surface area is 110 Å². The molecule has 0 atom stereocenters. The molecule has 1 N–H and O–H groups in total. The van der Waals surface area contributed by atoms with Crippen LogP contribution >= 0.6 is 0 Å². The second kappa shape index (κ2) is 6.41. The molecular weight excluding hydrogens is 255 g/mol. The van der Waals surface area contributed by atoms with Gasteiger partial charge in [-0.15, -0.1) is 0 Å². The zero-order valence-electron chi connectivity index (χ0n) is 10.8. The number of rotatable bonds is 4. The Morgan fingerprint density at radius 3 is 2.63 bits per heavy atom. The van der Waals surface area contributed by atoms with Gasteiger partial charge in [0.2, 0.25) is 5.91 Å². The van der Waals surface area contributed by atoms with E-state index in [-0.39, 0.29) is 11.5 Å². The quantitative estimate of drug-likeness (QED) is 0.834. The molecule has 104 valence electrons. The summed E-state index contributed by atoms with van der Waals surface area (Å²) in [5.41, 5.74) is 0.0974. The number of carbonyl (C=O) groups excluding carboxylic acids is 1. The molecule has 2 nitrogen and oxygen atoms in total. The molecule has 0 bridgehead atoms. The average molecular weight is 271 g/mol. The number of carbonyl (C=O) groups is 1. The SMILES string of the molecule is CC(=O)NCCC=Cc1ccc(C)c(C(F)(F)F)c1. The van der Waals surface area contributed by atoms with Crippen molar-refractivity contribution in [1.82, 2.24) is 5.32 Å². The van der Waals surface area contributed by atoms with Crippen molar-refractivity contribution >= 4 is 12.0 Å². The van der Waals surface area contributed by atoms with E-state index in [0.717, 1.165) is 6.07 Å². The molecule has 0 aliphatic rings.